The number of alkyl halides is 3. The Kier molecular flexibility index (Phi) is 2.17. The molecule has 1 fully saturated rings. The van der Waals surface area contributed by atoms with Gasteiger partial charge in [0.25, 0.3) is 0 Å². The fraction of sp³-hybridized carbons (Fsp3) is 0.833. The fourth-order valence-electron chi connectivity index (χ4n) is 0.814. The number of halogens is 3. The first kappa shape index (κ1) is 8.52. The van der Waals surface area contributed by atoms with E-state index in [1.165, 1.54) is 0 Å². The summed E-state index contributed by atoms with van der Waals surface area (Å²) in [5.74, 6) is 0. The maximum absolute atomic E-state index is 11.5. The minimum Gasteiger partial charge on any atom is -0.362 e. The summed E-state index contributed by atoms with van der Waals surface area (Å²) in [5, 5.41) is 0. The molecule has 2 atom stereocenters. The van der Waals surface area contributed by atoms with Gasteiger partial charge >= 0.3 is 6.18 Å². The van der Waals surface area contributed by atoms with Crippen LogP contribution in [-0.2, 0) is 9.53 Å². The van der Waals surface area contributed by atoms with Crippen molar-refractivity contribution in [2.24, 2.45) is 0 Å². The monoisotopic (exact) mass is 168 g/mol. The first-order valence-corrected chi connectivity index (χ1v) is 3.20. The molecule has 1 rings (SSSR count). The highest BCUT2D eigenvalue weighted by molar-refractivity contribution is 5.60. The Bertz CT molecular complexity index is 154. The highest BCUT2D eigenvalue weighted by atomic mass is 19.4. The van der Waals surface area contributed by atoms with Crippen LogP contribution >= 0.6 is 0 Å². The number of carbonyl (C=O) groups excluding carboxylic acids is 1. The lowest BCUT2D eigenvalue weighted by molar-refractivity contribution is -0.136. The van der Waals surface area contributed by atoms with Crippen LogP contribution in [0.1, 0.15) is 12.8 Å². The molecule has 1 aliphatic rings. The van der Waals surface area contributed by atoms with Crippen molar-refractivity contribution in [2.45, 2.75) is 31.2 Å². The molecule has 1 saturated heterocycles. The van der Waals surface area contributed by atoms with Gasteiger partial charge in [-0.1, -0.05) is 0 Å². The average molecular weight is 168 g/mol. The van der Waals surface area contributed by atoms with E-state index in [1.54, 1.807) is 0 Å². The minimum atomic E-state index is -4.14. The number of hydrogen-bond acceptors (Lipinski definition) is 2. The lowest BCUT2D eigenvalue weighted by Crippen LogP contribution is -2.09. The molecule has 1 heterocycles. The third-order valence-corrected chi connectivity index (χ3v) is 1.47. The first-order valence-electron chi connectivity index (χ1n) is 3.20. The molecular formula is C6H7F3O2. The predicted octanol–water partition coefficient (Wildman–Crippen LogP) is 1.30. The quantitative estimate of drug-likeness (QED) is 0.469. The van der Waals surface area contributed by atoms with E-state index < -0.39 is 24.8 Å². The van der Waals surface area contributed by atoms with E-state index in [1.807, 2.05) is 0 Å². The van der Waals surface area contributed by atoms with Crippen molar-refractivity contribution in [1.82, 2.24) is 0 Å². The molecule has 0 radical (unpaired) electrons. The van der Waals surface area contributed by atoms with Crippen LogP contribution in [0, 0.1) is 0 Å². The van der Waals surface area contributed by atoms with Gasteiger partial charge in [-0.15, -0.1) is 0 Å². The SMILES string of the molecule is O=CC1OC1CCC(F)(F)F. The Morgan fingerprint density at radius 2 is 2.09 bits per heavy atom. The number of hydrogen-bond donors (Lipinski definition) is 0. The highest BCUT2D eigenvalue weighted by Gasteiger charge is 2.41. The summed E-state index contributed by atoms with van der Waals surface area (Å²) in [5.41, 5.74) is 0. The highest BCUT2D eigenvalue weighted by Crippen LogP contribution is 2.30. The van der Waals surface area contributed by atoms with Gasteiger partial charge in [0.15, 0.2) is 6.29 Å². The third kappa shape index (κ3) is 2.88. The molecule has 0 bridgehead atoms. The molecule has 2 unspecified atom stereocenters. The van der Waals surface area contributed by atoms with Crippen molar-refractivity contribution in [3.8, 4) is 0 Å². The minimum absolute atomic E-state index is 0.104. The smallest absolute Gasteiger partial charge is 0.362 e. The van der Waals surface area contributed by atoms with Crippen LogP contribution in [0.2, 0.25) is 0 Å². The second kappa shape index (κ2) is 2.81. The summed E-state index contributed by atoms with van der Waals surface area (Å²) in [6, 6.07) is 0. The molecule has 11 heavy (non-hydrogen) atoms. The van der Waals surface area contributed by atoms with Crippen molar-refractivity contribution in [3.05, 3.63) is 0 Å². The van der Waals surface area contributed by atoms with Gasteiger partial charge in [-0.3, -0.25) is 0 Å². The maximum atomic E-state index is 11.5. The molecule has 0 aliphatic carbocycles. The van der Waals surface area contributed by atoms with Gasteiger partial charge in [-0.25, -0.2) is 0 Å². The molecular weight excluding hydrogens is 161 g/mol. The van der Waals surface area contributed by atoms with Crippen LogP contribution < -0.4 is 0 Å². The van der Waals surface area contributed by atoms with Crippen molar-refractivity contribution in [3.63, 3.8) is 0 Å². The Morgan fingerprint density at radius 1 is 1.45 bits per heavy atom. The molecule has 0 spiro atoms. The predicted molar refractivity (Wildman–Crippen MR) is 30.0 cm³/mol. The summed E-state index contributed by atoms with van der Waals surface area (Å²) in [4.78, 5) is 9.90. The Balaban J connectivity index is 2.11. The van der Waals surface area contributed by atoms with Crippen molar-refractivity contribution in [2.75, 3.05) is 0 Å². The van der Waals surface area contributed by atoms with Crippen molar-refractivity contribution >= 4 is 6.29 Å². The van der Waals surface area contributed by atoms with Crippen LogP contribution in [0.5, 0.6) is 0 Å². The molecule has 2 nitrogen and oxygen atoms in total. The van der Waals surface area contributed by atoms with Crippen LogP contribution in [0.3, 0.4) is 0 Å². The molecule has 0 aromatic carbocycles. The van der Waals surface area contributed by atoms with E-state index in [2.05, 4.69) is 4.74 Å². The van der Waals surface area contributed by atoms with Gasteiger partial charge < -0.3 is 9.53 Å². The second-order valence-electron chi connectivity index (χ2n) is 2.43. The second-order valence-corrected chi connectivity index (χ2v) is 2.43. The topological polar surface area (TPSA) is 29.6 Å². The van der Waals surface area contributed by atoms with Crippen molar-refractivity contribution < 1.29 is 22.7 Å². The van der Waals surface area contributed by atoms with Gasteiger partial charge in [0.05, 0.1) is 6.10 Å². The van der Waals surface area contributed by atoms with E-state index in [9.17, 15) is 18.0 Å². The normalized spacial score (nSPS) is 30.1. The number of carbonyl (C=O) groups is 1. The molecule has 5 heteroatoms. The number of aldehydes is 1. The van der Waals surface area contributed by atoms with Crippen LogP contribution in [0.25, 0.3) is 0 Å². The molecule has 0 N–H and O–H groups in total. The van der Waals surface area contributed by atoms with E-state index in [0.717, 1.165) is 0 Å². The van der Waals surface area contributed by atoms with Crippen LogP contribution in [-0.4, -0.2) is 24.7 Å². The summed E-state index contributed by atoms with van der Waals surface area (Å²) in [7, 11) is 0. The molecule has 0 aromatic heterocycles. The van der Waals surface area contributed by atoms with E-state index in [0.29, 0.717) is 6.29 Å². The summed E-state index contributed by atoms with van der Waals surface area (Å²) >= 11 is 0. The first-order chi connectivity index (χ1) is 5.03. The fourth-order valence-corrected chi connectivity index (χ4v) is 0.814. The van der Waals surface area contributed by atoms with Gasteiger partial charge in [0.2, 0.25) is 0 Å². The van der Waals surface area contributed by atoms with Gasteiger partial charge in [0, 0.05) is 6.42 Å². The van der Waals surface area contributed by atoms with E-state index in [4.69, 9.17) is 0 Å². The molecule has 1 aliphatic heterocycles. The zero-order valence-electron chi connectivity index (χ0n) is 5.60. The zero-order chi connectivity index (χ0) is 8.48. The summed E-state index contributed by atoms with van der Waals surface area (Å²) in [6.45, 7) is 0. The molecule has 0 aromatic rings. The lowest BCUT2D eigenvalue weighted by atomic mass is 10.2. The zero-order valence-corrected chi connectivity index (χ0v) is 5.60. The van der Waals surface area contributed by atoms with E-state index in [-0.39, 0.29) is 6.42 Å². The number of ether oxygens (including phenoxy) is 1. The average Bonchev–Trinajstić information content (AvgIpc) is 2.60. The third-order valence-electron chi connectivity index (χ3n) is 1.47. The van der Waals surface area contributed by atoms with E-state index >= 15 is 0 Å². The Morgan fingerprint density at radius 3 is 2.45 bits per heavy atom. The van der Waals surface area contributed by atoms with Gasteiger partial charge in [-0.2, -0.15) is 13.2 Å². The number of rotatable bonds is 3. The lowest BCUT2D eigenvalue weighted by Gasteiger charge is -2.02. The largest absolute Gasteiger partial charge is 0.389 e. The van der Waals surface area contributed by atoms with Gasteiger partial charge in [0.1, 0.15) is 6.10 Å². The Hall–Kier alpha value is -0.580. The molecule has 0 saturated carbocycles. The molecule has 0 amide bonds. The van der Waals surface area contributed by atoms with Crippen LogP contribution in [0.4, 0.5) is 13.2 Å². The standard InChI is InChI=1S/C6H7F3O2/c7-6(8,9)2-1-4-5(3-10)11-4/h3-5H,1-2H2. The van der Waals surface area contributed by atoms with Crippen LogP contribution in [0.15, 0.2) is 0 Å². The van der Waals surface area contributed by atoms with Crippen molar-refractivity contribution in [1.29, 1.82) is 0 Å². The molecule has 64 valence electrons. The maximum Gasteiger partial charge on any atom is 0.389 e. The summed E-state index contributed by atoms with van der Waals surface area (Å²) in [6.07, 6.45) is -5.67. The van der Waals surface area contributed by atoms with Gasteiger partial charge in [-0.05, 0) is 6.42 Å². The number of epoxide rings is 1. The Labute approximate surface area is 61.3 Å². The summed E-state index contributed by atoms with van der Waals surface area (Å²) < 4.78 is 39.2.